The number of halogens is 2. The van der Waals surface area contributed by atoms with Crippen molar-refractivity contribution in [2.45, 2.75) is 6.92 Å². The van der Waals surface area contributed by atoms with Crippen LogP contribution in [0.15, 0.2) is 46.9 Å². The highest BCUT2D eigenvalue weighted by Crippen LogP contribution is 2.31. The highest BCUT2D eigenvalue weighted by Gasteiger charge is 2.19. The van der Waals surface area contributed by atoms with Gasteiger partial charge in [-0.15, -0.1) is 0 Å². The van der Waals surface area contributed by atoms with Crippen LogP contribution in [0.4, 0.5) is 11.4 Å². The van der Waals surface area contributed by atoms with Gasteiger partial charge in [0.25, 0.3) is 5.91 Å². The van der Waals surface area contributed by atoms with Gasteiger partial charge in [0.05, 0.1) is 21.4 Å². The van der Waals surface area contributed by atoms with E-state index in [4.69, 9.17) is 33.4 Å². The molecule has 2 aromatic carbocycles. The zero-order valence-electron chi connectivity index (χ0n) is 12.6. The Morgan fingerprint density at radius 3 is 2.54 bits per heavy atom. The molecule has 0 atom stereocenters. The molecule has 0 unspecified atom stereocenters. The van der Waals surface area contributed by atoms with Gasteiger partial charge in [-0.25, -0.2) is 4.98 Å². The van der Waals surface area contributed by atoms with Crippen LogP contribution in [-0.2, 0) is 0 Å². The van der Waals surface area contributed by atoms with Crippen molar-refractivity contribution in [3.63, 3.8) is 0 Å². The lowest BCUT2D eigenvalue weighted by Crippen LogP contribution is -2.14. The van der Waals surface area contributed by atoms with Gasteiger partial charge in [-0.3, -0.25) is 4.79 Å². The van der Waals surface area contributed by atoms with Crippen LogP contribution in [0, 0.1) is 6.92 Å². The number of nitrogen functional groups attached to an aromatic ring is 1. The largest absolute Gasteiger partial charge is 0.441 e. The van der Waals surface area contributed by atoms with Crippen LogP contribution in [0.1, 0.15) is 16.2 Å². The quantitative estimate of drug-likeness (QED) is 0.657. The van der Waals surface area contributed by atoms with Gasteiger partial charge in [-0.2, -0.15) is 0 Å². The van der Waals surface area contributed by atoms with Crippen molar-refractivity contribution in [2.24, 2.45) is 0 Å². The smallest absolute Gasteiger partial charge is 0.277 e. The van der Waals surface area contributed by atoms with Gasteiger partial charge in [-0.05, 0) is 31.2 Å². The molecule has 1 aromatic heterocycles. The van der Waals surface area contributed by atoms with Gasteiger partial charge < -0.3 is 15.5 Å². The molecule has 0 aliphatic heterocycles. The van der Waals surface area contributed by atoms with Gasteiger partial charge in [0, 0.05) is 5.56 Å². The van der Waals surface area contributed by atoms with Crippen LogP contribution in [0.2, 0.25) is 10.0 Å². The number of anilines is 2. The first-order valence-corrected chi connectivity index (χ1v) is 7.80. The number of nitrogens with two attached hydrogens (primary N) is 1. The maximum atomic E-state index is 12.5. The van der Waals surface area contributed by atoms with E-state index in [1.165, 1.54) is 12.1 Å². The summed E-state index contributed by atoms with van der Waals surface area (Å²) in [5.74, 6) is 0.342. The summed E-state index contributed by atoms with van der Waals surface area (Å²) in [6, 6.07) is 12.3. The molecule has 3 N–H and O–H groups in total. The third kappa shape index (κ3) is 3.22. The molecule has 0 bridgehead atoms. The number of aryl methyl sites for hydroxylation is 1. The summed E-state index contributed by atoms with van der Waals surface area (Å²) in [5, 5.41) is 3.28. The first-order chi connectivity index (χ1) is 11.5. The summed E-state index contributed by atoms with van der Waals surface area (Å²) >= 11 is 11.8. The Hall–Kier alpha value is -2.50. The molecule has 0 saturated carbocycles. The van der Waals surface area contributed by atoms with E-state index in [-0.39, 0.29) is 5.69 Å². The fourth-order valence-electron chi connectivity index (χ4n) is 2.16. The van der Waals surface area contributed by atoms with Gasteiger partial charge in [0.2, 0.25) is 5.89 Å². The summed E-state index contributed by atoms with van der Waals surface area (Å²) in [5.41, 5.74) is 7.48. The SMILES string of the molecule is Cc1oc(-c2ccccc2)nc1C(=O)Nc1cc(Cl)c(Cl)cc1N. The van der Waals surface area contributed by atoms with Crippen LogP contribution in [-0.4, -0.2) is 10.9 Å². The van der Waals surface area contributed by atoms with Crippen molar-refractivity contribution in [2.75, 3.05) is 11.1 Å². The lowest BCUT2D eigenvalue weighted by molar-refractivity contribution is 0.102. The molecule has 3 aromatic rings. The maximum Gasteiger partial charge on any atom is 0.277 e. The summed E-state index contributed by atoms with van der Waals surface area (Å²) in [6.45, 7) is 1.67. The number of benzene rings is 2. The topological polar surface area (TPSA) is 81.2 Å². The minimum Gasteiger partial charge on any atom is -0.441 e. The lowest BCUT2D eigenvalue weighted by atomic mass is 10.2. The van der Waals surface area contributed by atoms with Crippen molar-refractivity contribution >= 4 is 40.5 Å². The van der Waals surface area contributed by atoms with E-state index in [1.807, 2.05) is 30.3 Å². The summed E-state index contributed by atoms with van der Waals surface area (Å²) in [4.78, 5) is 16.7. The first kappa shape index (κ1) is 16.4. The fraction of sp³-hybridized carbons (Fsp3) is 0.0588. The second kappa shape index (κ2) is 6.55. The average Bonchev–Trinajstić information content (AvgIpc) is 2.95. The Kier molecular flexibility index (Phi) is 4.46. The highest BCUT2D eigenvalue weighted by atomic mass is 35.5. The van der Waals surface area contributed by atoms with E-state index < -0.39 is 5.91 Å². The van der Waals surface area contributed by atoms with Gasteiger partial charge in [-0.1, -0.05) is 41.4 Å². The molecule has 7 heteroatoms. The van der Waals surface area contributed by atoms with Crippen LogP contribution in [0.5, 0.6) is 0 Å². The molecule has 0 spiro atoms. The van der Waals surface area contributed by atoms with E-state index in [0.29, 0.717) is 33.1 Å². The third-order valence-corrected chi connectivity index (χ3v) is 4.10. The predicted molar refractivity (Wildman–Crippen MR) is 95.5 cm³/mol. The number of amides is 1. The van der Waals surface area contributed by atoms with Gasteiger partial charge in [0.15, 0.2) is 5.69 Å². The number of nitrogens with one attached hydrogen (secondary N) is 1. The standard InChI is InChI=1S/C17H13Cl2N3O2/c1-9-15(22-17(24-9)10-5-3-2-4-6-10)16(23)21-14-8-12(19)11(18)7-13(14)20/h2-8H,20H2,1H3,(H,21,23). The zero-order valence-corrected chi connectivity index (χ0v) is 14.2. The predicted octanol–water partition coefficient (Wildman–Crippen LogP) is 4.79. The van der Waals surface area contributed by atoms with E-state index in [1.54, 1.807) is 6.92 Å². The number of hydrogen-bond acceptors (Lipinski definition) is 4. The van der Waals surface area contributed by atoms with Crippen molar-refractivity contribution in [3.05, 3.63) is 64.0 Å². The number of rotatable bonds is 3. The van der Waals surface area contributed by atoms with E-state index in [0.717, 1.165) is 5.56 Å². The lowest BCUT2D eigenvalue weighted by Gasteiger charge is -2.08. The molecular weight excluding hydrogens is 349 g/mol. The maximum absolute atomic E-state index is 12.5. The van der Waals surface area contributed by atoms with Crippen LogP contribution in [0.3, 0.4) is 0 Å². The molecule has 0 saturated heterocycles. The number of nitrogens with zero attached hydrogens (tertiary/aromatic N) is 1. The van der Waals surface area contributed by atoms with E-state index in [2.05, 4.69) is 10.3 Å². The summed E-state index contributed by atoms with van der Waals surface area (Å²) < 4.78 is 5.58. The number of hydrogen-bond donors (Lipinski definition) is 2. The molecule has 0 aliphatic carbocycles. The molecule has 5 nitrogen and oxygen atoms in total. The van der Waals surface area contributed by atoms with Crippen molar-refractivity contribution in [1.29, 1.82) is 0 Å². The Balaban J connectivity index is 1.89. The third-order valence-electron chi connectivity index (χ3n) is 3.37. The van der Waals surface area contributed by atoms with Crippen molar-refractivity contribution in [1.82, 2.24) is 4.98 Å². The van der Waals surface area contributed by atoms with Gasteiger partial charge >= 0.3 is 0 Å². The summed E-state index contributed by atoms with van der Waals surface area (Å²) in [6.07, 6.45) is 0. The molecule has 122 valence electrons. The number of carbonyl (C=O) groups excluding carboxylic acids is 1. The Labute approximate surface area is 148 Å². The molecule has 1 amide bonds. The fourth-order valence-corrected chi connectivity index (χ4v) is 2.50. The Bertz CT molecular complexity index is 908. The average molecular weight is 362 g/mol. The molecule has 3 rings (SSSR count). The Morgan fingerprint density at radius 2 is 1.83 bits per heavy atom. The minimum atomic E-state index is -0.441. The first-order valence-electron chi connectivity index (χ1n) is 7.04. The molecule has 1 heterocycles. The molecule has 0 fully saturated rings. The van der Waals surface area contributed by atoms with Crippen LogP contribution >= 0.6 is 23.2 Å². The number of oxazole rings is 1. The number of aromatic nitrogens is 1. The van der Waals surface area contributed by atoms with Crippen molar-refractivity contribution in [3.8, 4) is 11.5 Å². The van der Waals surface area contributed by atoms with E-state index >= 15 is 0 Å². The second-order valence-electron chi connectivity index (χ2n) is 5.10. The van der Waals surface area contributed by atoms with Crippen LogP contribution < -0.4 is 11.1 Å². The normalized spacial score (nSPS) is 10.6. The zero-order chi connectivity index (χ0) is 17.3. The van der Waals surface area contributed by atoms with E-state index in [9.17, 15) is 4.79 Å². The molecule has 24 heavy (non-hydrogen) atoms. The molecule has 0 radical (unpaired) electrons. The summed E-state index contributed by atoms with van der Waals surface area (Å²) in [7, 11) is 0. The van der Waals surface area contributed by atoms with Crippen LogP contribution in [0.25, 0.3) is 11.5 Å². The number of carbonyl (C=O) groups is 1. The van der Waals surface area contributed by atoms with Crippen molar-refractivity contribution < 1.29 is 9.21 Å². The minimum absolute atomic E-state index is 0.180. The second-order valence-corrected chi connectivity index (χ2v) is 5.91. The molecular formula is C17H13Cl2N3O2. The highest BCUT2D eigenvalue weighted by molar-refractivity contribution is 6.42. The monoisotopic (exact) mass is 361 g/mol. The van der Waals surface area contributed by atoms with Gasteiger partial charge in [0.1, 0.15) is 5.76 Å². The molecule has 0 aliphatic rings. The Morgan fingerprint density at radius 1 is 1.17 bits per heavy atom.